The molecule has 7 heteroatoms. The van der Waals surface area contributed by atoms with Gasteiger partial charge in [0.2, 0.25) is 10.0 Å². The molecule has 0 aliphatic carbocycles. The van der Waals surface area contributed by atoms with Crippen LogP contribution in [0.2, 0.25) is 0 Å². The van der Waals surface area contributed by atoms with Crippen molar-refractivity contribution in [3.8, 4) is 0 Å². The minimum absolute atomic E-state index is 0.0319. The maximum absolute atomic E-state index is 11.6. The second-order valence-corrected chi connectivity index (χ2v) is 5.82. The smallest absolute Gasteiger partial charge is 0.336 e. The normalized spacial score (nSPS) is 11.4. The average Bonchev–Trinajstić information content (AvgIpc) is 2.16. The first-order valence-corrected chi connectivity index (χ1v) is 6.54. The molecular weight excluding hydrogens is 298 g/mol. The van der Waals surface area contributed by atoms with Gasteiger partial charge in [-0.25, -0.2) is 17.9 Å². The first kappa shape index (κ1) is 13.1. The van der Waals surface area contributed by atoms with Gasteiger partial charge < -0.3 is 5.11 Å². The summed E-state index contributed by atoms with van der Waals surface area (Å²) in [6.45, 7) is 1.60. The zero-order valence-corrected chi connectivity index (χ0v) is 11.0. The molecule has 5 nitrogen and oxygen atoms in total. The minimum Gasteiger partial charge on any atom is -0.478 e. The quantitative estimate of drug-likeness (QED) is 0.883. The predicted molar refractivity (Wildman–Crippen MR) is 62.1 cm³/mol. The summed E-state index contributed by atoms with van der Waals surface area (Å²) in [6.07, 6.45) is 0. The number of hydrogen-bond donors (Lipinski definition) is 2. The summed E-state index contributed by atoms with van der Waals surface area (Å²) in [4.78, 5) is 10.8. The standard InChI is InChI=1S/C9H10BrNO4S/c1-5-3-7(10)6(9(12)13)4-8(5)16(14,15)11-2/h3-4,11H,1-2H3,(H,12,13). The molecule has 1 aromatic carbocycles. The highest BCUT2D eigenvalue weighted by atomic mass is 79.9. The molecule has 0 spiro atoms. The SMILES string of the molecule is CNS(=O)(=O)c1cc(C(=O)O)c(Br)cc1C. The van der Waals surface area contributed by atoms with Crippen LogP contribution < -0.4 is 4.72 Å². The monoisotopic (exact) mass is 307 g/mol. The van der Waals surface area contributed by atoms with Crippen molar-refractivity contribution in [1.82, 2.24) is 4.72 Å². The number of benzene rings is 1. The number of rotatable bonds is 3. The fourth-order valence-corrected chi connectivity index (χ4v) is 2.82. The molecule has 88 valence electrons. The number of carboxylic acids is 1. The van der Waals surface area contributed by atoms with Gasteiger partial charge >= 0.3 is 5.97 Å². The molecule has 1 rings (SSSR count). The van der Waals surface area contributed by atoms with Crippen LogP contribution in [0.3, 0.4) is 0 Å². The highest BCUT2D eigenvalue weighted by molar-refractivity contribution is 9.10. The summed E-state index contributed by atoms with van der Waals surface area (Å²) in [6, 6.07) is 2.60. The fraction of sp³-hybridized carbons (Fsp3) is 0.222. The summed E-state index contributed by atoms with van der Waals surface area (Å²) < 4.78 is 25.7. The van der Waals surface area contributed by atoms with Crippen LogP contribution >= 0.6 is 15.9 Å². The Morgan fingerprint density at radius 3 is 2.44 bits per heavy atom. The van der Waals surface area contributed by atoms with Gasteiger partial charge in [-0.05, 0) is 47.6 Å². The molecule has 0 fully saturated rings. The van der Waals surface area contributed by atoms with E-state index in [4.69, 9.17) is 5.11 Å². The highest BCUT2D eigenvalue weighted by Gasteiger charge is 2.19. The molecule has 0 saturated carbocycles. The molecule has 0 unspecified atom stereocenters. The van der Waals surface area contributed by atoms with E-state index in [-0.39, 0.29) is 10.5 Å². The van der Waals surface area contributed by atoms with Gasteiger partial charge in [-0.1, -0.05) is 0 Å². The number of aryl methyl sites for hydroxylation is 1. The summed E-state index contributed by atoms with van der Waals surface area (Å²) in [7, 11) is -2.36. The molecule has 0 atom stereocenters. The first-order chi connectivity index (χ1) is 7.29. The number of carbonyl (C=O) groups is 1. The third kappa shape index (κ3) is 2.42. The third-order valence-electron chi connectivity index (χ3n) is 2.05. The van der Waals surface area contributed by atoms with Gasteiger partial charge in [0.25, 0.3) is 0 Å². The van der Waals surface area contributed by atoms with Crippen LogP contribution in [-0.2, 0) is 10.0 Å². The summed E-state index contributed by atoms with van der Waals surface area (Å²) in [5, 5.41) is 8.87. The van der Waals surface area contributed by atoms with Crippen LogP contribution in [0.4, 0.5) is 0 Å². The van der Waals surface area contributed by atoms with Crippen LogP contribution in [0, 0.1) is 6.92 Å². The van der Waals surface area contributed by atoms with Crippen molar-refractivity contribution in [2.75, 3.05) is 7.05 Å². The molecule has 0 heterocycles. The van der Waals surface area contributed by atoms with Gasteiger partial charge in [0.05, 0.1) is 10.5 Å². The Hall–Kier alpha value is -0.920. The number of sulfonamides is 1. The average molecular weight is 308 g/mol. The highest BCUT2D eigenvalue weighted by Crippen LogP contribution is 2.24. The van der Waals surface area contributed by atoms with E-state index in [1.165, 1.54) is 13.1 Å². The lowest BCUT2D eigenvalue weighted by atomic mass is 10.1. The number of aromatic carboxylic acids is 1. The van der Waals surface area contributed by atoms with Gasteiger partial charge in [0.1, 0.15) is 0 Å². The second kappa shape index (κ2) is 4.52. The fourth-order valence-electron chi connectivity index (χ4n) is 1.22. The van der Waals surface area contributed by atoms with E-state index < -0.39 is 16.0 Å². The molecule has 16 heavy (non-hydrogen) atoms. The third-order valence-corrected chi connectivity index (χ3v) is 4.27. The first-order valence-electron chi connectivity index (χ1n) is 4.26. The summed E-state index contributed by atoms with van der Waals surface area (Å²) in [5.74, 6) is -1.18. The van der Waals surface area contributed by atoms with Crippen LogP contribution in [0.25, 0.3) is 0 Å². The van der Waals surface area contributed by atoms with Crippen molar-refractivity contribution in [3.05, 3.63) is 27.7 Å². The Bertz CT molecular complexity index is 539. The maximum atomic E-state index is 11.6. The Morgan fingerprint density at radius 2 is 2.00 bits per heavy atom. The molecule has 0 aromatic heterocycles. The van der Waals surface area contributed by atoms with E-state index >= 15 is 0 Å². The van der Waals surface area contributed by atoms with Crippen LogP contribution in [0.15, 0.2) is 21.5 Å². The molecule has 0 radical (unpaired) electrons. The van der Waals surface area contributed by atoms with Gasteiger partial charge in [0, 0.05) is 4.47 Å². The Morgan fingerprint density at radius 1 is 1.44 bits per heavy atom. The van der Waals surface area contributed by atoms with E-state index in [0.29, 0.717) is 10.0 Å². The molecule has 0 saturated heterocycles. The van der Waals surface area contributed by atoms with Crippen molar-refractivity contribution in [2.45, 2.75) is 11.8 Å². The number of carboxylic acid groups (broad SMARTS) is 1. The second-order valence-electron chi connectivity index (χ2n) is 3.11. The molecule has 1 aromatic rings. The lowest BCUT2D eigenvalue weighted by Crippen LogP contribution is -2.20. The summed E-state index contributed by atoms with van der Waals surface area (Å²) >= 11 is 3.07. The predicted octanol–water partition coefficient (Wildman–Crippen LogP) is 1.36. The Labute approximate surface area is 102 Å². The Kier molecular flexibility index (Phi) is 3.72. The van der Waals surface area contributed by atoms with Gasteiger partial charge in [-0.3, -0.25) is 0 Å². The lowest BCUT2D eigenvalue weighted by molar-refractivity contribution is 0.0695. The van der Waals surface area contributed by atoms with Crippen molar-refractivity contribution >= 4 is 31.9 Å². The number of hydrogen-bond acceptors (Lipinski definition) is 3. The van der Waals surface area contributed by atoms with Gasteiger partial charge in [-0.2, -0.15) is 0 Å². The van der Waals surface area contributed by atoms with Crippen LogP contribution in [0.1, 0.15) is 15.9 Å². The molecular formula is C9H10BrNO4S. The zero-order valence-electron chi connectivity index (χ0n) is 8.61. The minimum atomic E-state index is -3.64. The molecule has 0 bridgehead atoms. The van der Waals surface area contributed by atoms with E-state index in [2.05, 4.69) is 20.7 Å². The lowest BCUT2D eigenvalue weighted by Gasteiger charge is -2.08. The molecule has 0 aliphatic rings. The number of nitrogens with one attached hydrogen (secondary N) is 1. The van der Waals surface area contributed by atoms with Crippen LogP contribution in [0.5, 0.6) is 0 Å². The van der Waals surface area contributed by atoms with Crippen molar-refractivity contribution in [1.29, 1.82) is 0 Å². The van der Waals surface area contributed by atoms with Gasteiger partial charge in [-0.15, -0.1) is 0 Å². The molecule has 2 N–H and O–H groups in total. The molecule has 0 amide bonds. The zero-order chi connectivity index (χ0) is 12.5. The number of halogens is 1. The topological polar surface area (TPSA) is 83.5 Å². The maximum Gasteiger partial charge on any atom is 0.336 e. The van der Waals surface area contributed by atoms with E-state index in [1.807, 2.05) is 0 Å². The Balaban J connectivity index is 3.55. The van der Waals surface area contributed by atoms with E-state index in [9.17, 15) is 13.2 Å². The van der Waals surface area contributed by atoms with Crippen molar-refractivity contribution in [3.63, 3.8) is 0 Å². The summed E-state index contributed by atoms with van der Waals surface area (Å²) in [5.41, 5.74) is 0.394. The van der Waals surface area contributed by atoms with Crippen LogP contribution in [-0.4, -0.2) is 26.5 Å². The van der Waals surface area contributed by atoms with Crippen molar-refractivity contribution in [2.24, 2.45) is 0 Å². The largest absolute Gasteiger partial charge is 0.478 e. The molecule has 0 aliphatic heterocycles. The van der Waals surface area contributed by atoms with E-state index in [0.717, 1.165) is 6.07 Å². The van der Waals surface area contributed by atoms with E-state index in [1.54, 1.807) is 6.92 Å². The van der Waals surface area contributed by atoms with Crippen molar-refractivity contribution < 1.29 is 18.3 Å². The van der Waals surface area contributed by atoms with Gasteiger partial charge in [0.15, 0.2) is 0 Å².